The van der Waals surface area contributed by atoms with Gasteiger partial charge in [0.05, 0.1) is 11.5 Å². The Bertz CT molecular complexity index is 843. The Morgan fingerprint density at radius 2 is 1.55 bits per heavy atom. The summed E-state index contributed by atoms with van der Waals surface area (Å²) in [7, 11) is 0. The molecule has 2 unspecified atom stereocenters. The van der Waals surface area contributed by atoms with Crippen molar-refractivity contribution < 1.29 is 9.59 Å². The molecule has 2 aliphatic heterocycles. The van der Waals surface area contributed by atoms with E-state index in [0.717, 1.165) is 69.5 Å². The van der Waals surface area contributed by atoms with Crippen LogP contribution < -0.4 is 5.32 Å². The van der Waals surface area contributed by atoms with Gasteiger partial charge in [0, 0.05) is 13.1 Å². The first kappa shape index (κ1) is 21.6. The van der Waals surface area contributed by atoms with Gasteiger partial charge >= 0.3 is 0 Å². The summed E-state index contributed by atoms with van der Waals surface area (Å²) >= 11 is 0. The number of amides is 2. The van der Waals surface area contributed by atoms with E-state index in [0.29, 0.717) is 12.5 Å². The van der Waals surface area contributed by atoms with Crippen LogP contribution in [0.5, 0.6) is 0 Å². The van der Waals surface area contributed by atoms with Gasteiger partial charge in [-0.1, -0.05) is 30.3 Å². The molecule has 5 heteroatoms. The summed E-state index contributed by atoms with van der Waals surface area (Å²) in [6.45, 7) is 3.57. The van der Waals surface area contributed by atoms with Crippen LogP contribution in [0.25, 0.3) is 0 Å². The maximum Gasteiger partial charge on any atom is 0.242 e. The molecular formula is C28H39N3O2. The van der Waals surface area contributed by atoms with E-state index in [4.69, 9.17) is 0 Å². The summed E-state index contributed by atoms with van der Waals surface area (Å²) < 4.78 is 0. The molecule has 4 saturated carbocycles. The van der Waals surface area contributed by atoms with E-state index >= 15 is 0 Å². The second-order valence-electron chi connectivity index (χ2n) is 11.8. The lowest BCUT2D eigenvalue weighted by Gasteiger charge is -2.56. The van der Waals surface area contributed by atoms with Crippen molar-refractivity contribution in [3.8, 4) is 0 Å². The molecule has 2 amide bonds. The number of hydrogen-bond donors (Lipinski definition) is 1. The Labute approximate surface area is 198 Å². The van der Waals surface area contributed by atoms with Crippen molar-refractivity contribution in [1.82, 2.24) is 15.1 Å². The molecule has 7 rings (SSSR count). The van der Waals surface area contributed by atoms with Crippen molar-refractivity contribution >= 4 is 11.8 Å². The summed E-state index contributed by atoms with van der Waals surface area (Å²) in [5.74, 6) is 2.63. The van der Waals surface area contributed by atoms with Crippen LogP contribution >= 0.6 is 0 Å². The standard InChI is InChI=1S/C28H39N3O2/c32-26(29-19-25(30-10-4-5-11-30)23-7-2-1-3-8-23)24-9-6-12-31(24)27(33)28-16-20-13-21(17-28)15-22(14-20)18-28/h1-3,7-8,20-22,24-25H,4-6,9-19H2,(H,29,32). The topological polar surface area (TPSA) is 52.7 Å². The number of nitrogens with one attached hydrogen (secondary N) is 1. The van der Waals surface area contributed by atoms with Gasteiger partial charge < -0.3 is 10.2 Å². The Balaban J connectivity index is 1.14. The maximum atomic E-state index is 13.9. The zero-order chi connectivity index (χ0) is 22.4. The van der Waals surface area contributed by atoms with E-state index in [2.05, 4.69) is 40.5 Å². The number of nitrogens with zero attached hydrogens (tertiary/aromatic N) is 2. The summed E-state index contributed by atoms with van der Waals surface area (Å²) in [6.07, 6.45) is 11.5. The van der Waals surface area contributed by atoms with Crippen molar-refractivity contribution in [2.45, 2.75) is 76.3 Å². The van der Waals surface area contributed by atoms with Crippen molar-refractivity contribution in [1.29, 1.82) is 0 Å². The van der Waals surface area contributed by atoms with Crippen LogP contribution in [-0.2, 0) is 9.59 Å². The van der Waals surface area contributed by atoms with Gasteiger partial charge in [0.25, 0.3) is 0 Å². The lowest BCUT2D eigenvalue weighted by Crippen LogP contribution is -2.57. The monoisotopic (exact) mass is 449 g/mol. The quantitative estimate of drug-likeness (QED) is 0.710. The minimum atomic E-state index is -0.277. The highest BCUT2D eigenvalue weighted by Gasteiger charge is 2.56. The minimum Gasteiger partial charge on any atom is -0.352 e. The van der Waals surface area contributed by atoms with E-state index < -0.39 is 0 Å². The molecule has 0 spiro atoms. The highest BCUT2D eigenvalue weighted by atomic mass is 16.2. The van der Waals surface area contributed by atoms with E-state index in [1.54, 1.807) is 0 Å². The number of carbonyl (C=O) groups is 2. The number of hydrogen-bond acceptors (Lipinski definition) is 3. The molecule has 6 fully saturated rings. The van der Waals surface area contributed by atoms with Crippen molar-refractivity contribution in [3.05, 3.63) is 35.9 Å². The van der Waals surface area contributed by atoms with Crippen molar-refractivity contribution in [2.75, 3.05) is 26.2 Å². The molecule has 2 saturated heterocycles. The smallest absolute Gasteiger partial charge is 0.242 e. The predicted octanol–water partition coefficient (Wildman–Crippen LogP) is 4.15. The van der Waals surface area contributed by atoms with Gasteiger partial charge in [-0.05, 0) is 101 Å². The summed E-state index contributed by atoms with van der Waals surface area (Å²) in [6, 6.07) is 10.5. The van der Waals surface area contributed by atoms with Crippen molar-refractivity contribution in [3.63, 3.8) is 0 Å². The second-order valence-corrected chi connectivity index (χ2v) is 11.8. The van der Waals surface area contributed by atoms with Gasteiger partial charge in [0.2, 0.25) is 11.8 Å². The van der Waals surface area contributed by atoms with Gasteiger partial charge in [-0.25, -0.2) is 0 Å². The molecule has 4 bridgehead atoms. The van der Waals surface area contributed by atoms with Crippen LogP contribution in [0.2, 0.25) is 0 Å². The Morgan fingerprint density at radius 3 is 2.18 bits per heavy atom. The SMILES string of the molecule is O=C(NCC(c1ccccc1)N1CCCC1)C1CCCN1C(=O)C12CC3CC(CC(C3)C1)C2. The highest BCUT2D eigenvalue weighted by Crippen LogP contribution is 2.60. The molecule has 5 nitrogen and oxygen atoms in total. The first-order valence-electron chi connectivity index (χ1n) is 13.5. The summed E-state index contributed by atoms with van der Waals surface area (Å²) in [5.41, 5.74) is 1.12. The lowest BCUT2D eigenvalue weighted by atomic mass is 9.49. The van der Waals surface area contributed by atoms with Crippen LogP contribution in [0.15, 0.2) is 30.3 Å². The van der Waals surface area contributed by atoms with Gasteiger partial charge in [-0.2, -0.15) is 0 Å². The second kappa shape index (κ2) is 8.72. The van der Waals surface area contributed by atoms with Crippen molar-refractivity contribution in [2.24, 2.45) is 23.2 Å². The number of benzene rings is 1. The zero-order valence-corrected chi connectivity index (χ0v) is 19.9. The minimum absolute atomic E-state index is 0.0608. The van der Waals surface area contributed by atoms with Crippen LogP contribution in [0, 0.1) is 23.2 Å². The summed E-state index contributed by atoms with van der Waals surface area (Å²) in [4.78, 5) is 31.8. The van der Waals surface area contributed by atoms with Crippen LogP contribution in [0.4, 0.5) is 0 Å². The Kier molecular flexibility index (Phi) is 5.72. The molecule has 178 valence electrons. The number of carbonyl (C=O) groups excluding carboxylic acids is 2. The molecular weight excluding hydrogens is 410 g/mol. The largest absolute Gasteiger partial charge is 0.352 e. The molecule has 1 aromatic carbocycles. The molecule has 1 N–H and O–H groups in total. The van der Waals surface area contributed by atoms with Gasteiger partial charge in [0.1, 0.15) is 6.04 Å². The average molecular weight is 450 g/mol. The fraction of sp³-hybridized carbons (Fsp3) is 0.714. The molecule has 6 aliphatic rings. The van der Waals surface area contributed by atoms with E-state index in [1.807, 2.05) is 4.90 Å². The molecule has 2 atom stereocenters. The average Bonchev–Trinajstić information content (AvgIpc) is 3.51. The van der Waals surface area contributed by atoms with E-state index in [9.17, 15) is 9.59 Å². The maximum absolute atomic E-state index is 13.9. The number of rotatable bonds is 6. The third-order valence-corrected chi connectivity index (χ3v) is 9.54. The highest BCUT2D eigenvalue weighted by molar-refractivity contribution is 5.91. The lowest BCUT2D eigenvalue weighted by molar-refractivity contribution is -0.160. The van der Waals surface area contributed by atoms with Crippen LogP contribution in [0.3, 0.4) is 0 Å². The molecule has 33 heavy (non-hydrogen) atoms. The van der Waals surface area contributed by atoms with Gasteiger partial charge in [-0.3, -0.25) is 14.5 Å². The molecule has 1 aromatic rings. The van der Waals surface area contributed by atoms with Gasteiger partial charge in [0.15, 0.2) is 0 Å². The normalized spacial score (nSPS) is 36.3. The third-order valence-electron chi connectivity index (χ3n) is 9.54. The first-order valence-corrected chi connectivity index (χ1v) is 13.5. The fourth-order valence-corrected chi connectivity index (χ4v) is 8.46. The molecule has 0 aromatic heterocycles. The Hall–Kier alpha value is -1.88. The van der Waals surface area contributed by atoms with Gasteiger partial charge in [-0.15, -0.1) is 0 Å². The summed E-state index contributed by atoms with van der Waals surface area (Å²) in [5, 5.41) is 3.28. The first-order chi connectivity index (χ1) is 16.1. The Morgan fingerprint density at radius 1 is 0.909 bits per heavy atom. The predicted molar refractivity (Wildman–Crippen MR) is 128 cm³/mol. The van der Waals surface area contributed by atoms with E-state index in [1.165, 1.54) is 37.7 Å². The fourth-order valence-electron chi connectivity index (χ4n) is 8.46. The van der Waals surface area contributed by atoms with E-state index in [-0.39, 0.29) is 23.4 Å². The third kappa shape index (κ3) is 4.00. The van der Waals surface area contributed by atoms with Crippen LogP contribution in [0.1, 0.15) is 75.8 Å². The number of likely N-dealkylation sites (tertiary alicyclic amines) is 2. The molecule has 4 aliphatic carbocycles. The zero-order valence-electron chi connectivity index (χ0n) is 19.9. The molecule has 2 heterocycles. The molecule has 0 radical (unpaired) electrons. The van der Waals surface area contributed by atoms with Crippen LogP contribution in [-0.4, -0.2) is 53.8 Å².